The van der Waals surface area contributed by atoms with Crippen LogP contribution in [0, 0.1) is 13.8 Å². The lowest BCUT2D eigenvalue weighted by Gasteiger charge is -2.34. The van der Waals surface area contributed by atoms with Gasteiger partial charge < -0.3 is 14.8 Å². The van der Waals surface area contributed by atoms with Gasteiger partial charge in [-0.2, -0.15) is 0 Å². The van der Waals surface area contributed by atoms with E-state index in [1.807, 2.05) is 30.9 Å². The van der Waals surface area contributed by atoms with Gasteiger partial charge in [-0.3, -0.25) is 9.59 Å². The monoisotopic (exact) mass is 299 g/mol. The smallest absolute Gasteiger partial charge is 0.256 e. The number of nitrogens with zero attached hydrogens (tertiary/aromatic N) is 2. The van der Waals surface area contributed by atoms with E-state index in [9.17, 15) is 9.59 Å². The highest BCUT2D eigenvalue weighted by Crippen LogP contribution is 2.25. The average Bonchev–Trinajstić information content (AvgIpc) is 2.81. The summed E-state index contributed by atoms with van der Waals surface area (Å²) in [5.74, 6) is 0.127. The van der Waals surface area contributed by atoms with E-state index in [2.05, 4.69) is 11.1 Å². The van der Waals surface area contributed by atoms with Crippen molar-refractivity contribution < 1.29 is 9.59 Å². The molecule has 1 aliphatic heterocycles. The molecule has 2 heterocycles. The van der Waals surface area contributed by atoms with E-state index in [1.165, 1.54) is 5.56 Å². The van der Waals surface area contributed by atoms with Crippen LogP contribution in [0.2, 0.25) is 0 Å². The molecule has 0 unspecified atom stereocenters. The lowest BCUT2D eigenvalue weighted by molar-refractivity contribution is -0.130. The summed E-state index contributed by atoms with van der Waals surface area (Å²) in [6.45, 7) is 7.96. The molecule has 5 nitrogen and oxygen atoms in total. The minimum Gasteiger partial charge on any atom is -0.358 e. The van der Waals surface area contributed by atoms with Gasteiger partial charge in [-0.15, -0.1) is 0 Å². The molecule has 1 aliphatic rings. The highest BCUT2D eigenvalue weighted by molar-refractivity contribution is 6.08. The van der Waals surface area contributed by atoms with Crippen molar-refractivity contribution in [3.63, 3.8) is 0 Å². The van der Waals surface area contributed by atoms with Crippen LogP contribution in [-0.2, 0) is 4.79 Å². The Kier molecular flexibility index (Phi) is 3.64. The number of nitrogens with one attached hydrogen (secondary N) is 1. The maximum Gasteiger partial charge on any atom is 0.256 e. The molecule has 1 N–H and O–H groups in total. The Balaban J connectivity index is 1.87. The molecule has 116 valence electrons. The average molecular weight is 299 g/mol. The van der Waals surface area contributed by atoms with Gasteiger partial charge in [0.2, 0.25) is 5.91 Å². The highest BCUT2D eigenvalue weighted by Gasteiger charge is 2.26. The molecule has 22 heavy (non-hydrogen) atoms. The number of hydrogen-bond acceptors (Lipinski definition) is 2. The Morgan fingerprint density at radius 3 is 2.32 bits per heavy atom. The van der Waals surface area contributed by atoms with E-state index in [4.69, 9.17) is 0 Å². The maximum absolute atomic E-state index is 12.9. The molecule has 0 radical (unpaired) electrons. The van der Waals surface area contributed by atoms with E-state index < -0.39 is 0 Å². The second kappa shape index (κ2) is 5.48. The van der Waals surface area contributed by atoms with Crippen molar-refractivity contribution in [2.75, 3.05) is 26.2 Å². The molecule has 1 saturated heterocycles. The molecule has 0 spiro atoms. The first-order valence-electron chi connectivity index (χ1n) is 7.61. The summed E-state index contributed by atoms with van der Waals surface area (Å²) in [5.41, 5.74) is 3.83. The molecule has 3 rings (SSSR count). The van der Waals surface area contributed by atoms with Crippen LogP contribution in [0.4, 0.5) is 0 Å². The van der Waals surface area contributed by atoms with Gasteiger partial charge in [-0.25, -0.2) is 0 Å². The number of piperazine rings is 1. The minimum atomic E-state index is 0.0517. The molecule has 5 heteroatoms. The number of hydrogen-bond donors (Lipinski definition) is 1. The molecule has 2 amide bonds. The van der Waals surface area contributed by atoms with Crippen molar-refractivity contribution >= 4 is 22.7 Å². The van der Waals surface area contributed by atoms with Crippen molar-refractivity contribution in [2.24, 2.45) is 0 Å². The van der Waals surface area contributed by atoms with E-state index in [-0.39, 0.29) is 11.8 Å². The number of carbonyl (C=O) groups excluding carboxylic acids is 2. The zero-order valence-electron chi connectivity index (χ0n) is 13.3. The highest BCUT2D eigenvalue weighted by atomic mass is 16.2. The third kappa shape index (κ3) is 2.47. The first-order valence-corrected chi connectivity index (χ1v) is 7.61. The van der Waals surface area contributed by atoms with Crippen LogP contribution in [0.5, 0.6) is 0 Å². The molecule has 1 fully saturated rings. The Morgan fingerprint density at radius 2 is 1.68 bits per heavy atom. The van der Waals surface area contributed by atoms with Crippen LogP contribution in [-0.4, -0.2) is 52.8 Å². The minimum absolute atomic E-state index is 0.0517. The second-order valence-corrected chi connectivity index (χ2v) is 5.97. The topological polar surface area (TPSA) is 56.4 Å². The summed E-state index contributed by atoms with van der Waals surface area (Å²) < 4.78 is 0. The molecule has 0 saturated carbocycles. The molecular formula is C17H21N3O2. The zero-order chi connectivity index (χ0) is 15.9. The number of fused-ring (bicyclic) bond motifs is 1. The largest absolute Gasteiger partial charge is 0.358 e. The van der Waals surface area contributed by atoms with Crippen LogP contribution in [0.1, 0.15) is 28.5 Å². The predicted octanol–water partition coefficient (Wildman–Crippen LogP) is 2.09. The summed E-state index contributed by atoms with van der Waals surface area (Å²) in [6.07, 6.45) is 0. The summed E-state index contributed by atoms with van der Waals surface area (Å²) >= 11 is 0. The number of benzene rings is 1. The fraction of sp³-hybridized carbons (Fsp3) is 0.412. The fourth-order valence-electron chi connectivity index (χ4n) is 3.10. The number of aryl methyl sites for hydroxylation is 2. The Bertz CT molecular complexity index is 740. The molecule has 0 aliphatic carbocycles. The van der Waals surface area contributed by atoms with E-state index in [1.54, 1.807) is 11.8 Å². The zero-order valence-corrected chi connectivity index (χ0v) is 13.3. The molecule has 1 aromatic carbocycles. The summed E-state index contributed by atoms with van der Waals surface area (Å²) in [6, 6.07) is 6.10. The fourth-order valence-corrected chi connectivity index (χ4v) is 3.10. The van der Waals surface area contributed by atoms with Crippen molar-refractivity contribution in [3.05, 3.63) is 35.0 Å². The Morgan fingerprint density at radius 1 is 1.05 bits per heavy atom. The van der Waals surface area contributed by atoms with Crippen molar-refractivity contribution in [3.8, 4) is 0 Å². The van der Waals surface area contributed by atoms with Crippen LogP contribution in [0.15, 0.2) is 18.2 Å². The van der Waals surface area contributed by atoms with Gasteiger partial charge in [0, 0.05) is 49.7 Å². The van der Waals surface area contributed by atoms with Gasteiger partial charge in [0.05, 0.1) is 5.56 Å². The Hall–Kier alpha value is -2.30. The first kappa shape index (κ1) is 14.6. The first-order chi connectivity index (χ1) is 10.5. The molecule has 2 aromatic rings. The van der Waals surface area contributed by atoms with Crippen LogP contribution in [0.3, 0.4) is 0 Å². The summed E-state index contributed by atoms with van der Waals surface area (Å²) in [7, 11) is 0. The maximum atomic E-state index is 12.9. The Labute approximate surface area is 129 Å². The molecule has 0 atom stereocenters. The number of H-pyrrole nitrogens is 1. The second-order valence-electron chi connectivity index (χ2n) is 5.97. The van der Waals surface area contributed by atoms with Gasteiger partial charge >= 0.3 is 0 Å². The van der Waals surface area contributed by atoms with E-state index in [0.29, 0.717) is 26.2 Å². The summed E-state index contributed by atoms with van der Waals surface area (Å²) in [4.78, 5) is 31.2. The molecule has 1 aromatic heterocycles. The number of carbonyl (C=O) groups is 2. The molecule has 0 bridgehead atoms. The van der Waals surface area contributed by atoms with Crippen molar-refractivity contribution in [2.45, 2.75) is 20.8 Å². The standard InChI is InChI=1S/C17H21N3O2/c1-11-4-5-14-15(10-11)18-12(2)16(14)17(22)20-8-6-19(7-9-20)13(3)21/h4-5,10,18H,6-9H2,1-3H3. The lowest BCUT2D eigenvalue weighted by atomic mass is 10.1. The van der Waals surface area contributed by atoms with Crippen LogP contribution < -0.4 is 0 Å². The van der Waals surface area contributed by atoms with Crippen molar-refractivity contribution in [1.29, 1.82) is 0 Å². The number of rotatable bonds is 1. The van der Waals surface area contributed by atoms with Crippen molar-refractivity contribution in [1.82, 2.24) is 14.8 Å². The van der Waals surface area contributed by atoms with E-state index >= 15 is 0 Å². The lowest BCUT2D eigenvalue weighted by Crippen LogP contribution is -2.50. The van der Waals surface area contributed by atoms with Gasteiger partial charge in [0.1, 0.15) is 0 Å². The number of aromatic nitrogens is 1. The van der Waals surface area contributed by atoms with Crippen LogP contribution in [0.25, 0.3) is 10.9 Å². The van der Waals surface area contributed by atoms with Gasteiger partial charge in [0.25, 0.3) is 5.91 Å². The van der Waals surface area contributed by atoms with Gasteiger partial charge in [-0.05, 0) is 25.5 Å². The van der Waals surface area contributed by atoms with Gasteiger partial charge in [-0.1, -0.05) is 12.1 Å². The third-order valence-corrected chi connectivity index (χ3v) is 4.37. The predicted molar refractivity (Wildman–Crippen MR) is 85.9 cm³/mol. The van der Waals surface area contributed by atoms with Crippen LogP contribution >= 0.6 is 0 Å². The summed E-state index contributed by atoms with van der Waals surface area (Å²) in [5, 5.41) is 0.974. The normalized spacial score (nSPS) is 15.4. The third-order valence-electron chi connectivity index (χ3n) is 4.37. The number of aromatic amines is 1. The molecular weight excluding hydrogens is 278 g/mol. The number of amides is 2. The quantitative estimate of drug-likeness (QED) is 0.876. The SMILES string of the molecule is CC(=O)N1CCN(C(=O)c2c(C)[nH]c3cc(C)ccc23)CC1. The van der Waals surface area contributed by atoms with E-state index in [0.717, 1.165) is 22.2 Å². The van der Waals surface area contributed by atoms with Gasteiger partial charge in [0.15, 0.2) is 0 Å².